The molecule has 0 N–H and O–H groups in total. The molecule has 0 heterocycles. The van der Waals surface area contributed by atoms with Gasteiger partial charge in [0, 0.05) is 0 Å². The van der Waals surface area contributed by atoms with E-state index < -0.39 is 5.97 Å². The molecule has 0 aliphatic heterocycles. The minimum Gasteiger partial charge on any atom is -0.411 e. The highest BCUT2D eigenvalue weighted by Crippen LogP contribution is 1.73. The average molecular weight is 130 g/mol. The van der Waals surface area contributed by atoms with E-state index in [2.05, 4.69) is 21.7 Å². The van der Waals surface area contributed by atoms with Gasteiger partial charge in [-0.05, 0) is 6.92 Å². The van der Waals surface area contributed by atoms with Crippen LogP contribution in [0.25, 0.3) is 0 Å². The molecule has 0 aromatic rings. The van der Waals surface area contributed by atoms with E-state index >= 15 is 0 Å². The Balaban J connectivity index is 3.14. The van der Waals surface area contributed by atoms with Crippen molar-refractivity contribution >= 4 is 12.4 Å². The van der Waals surface area contributed by atoms with Crippen molar-refractivity contribution in [3.8, 4) is 0 Å². The van der Waals surface area contributed by atoms with Gasteiger partial charge >= 0.3 is 5.97 Å². The van der Waals surface area contributed by atoms with Gasteiger partial charge in [0.2, 0.25) is 6.40 Å². The molecule has 0 aliphatic carbocycles. The average Bonchev–Trinajstić information content (AvgIpc) is 1.80. The topological polar surface area (TPSA) is 47.9 Å². The first kappa shape index (κ1) is 7.94. The molecule has 1 radical (unpaired) electrons. The molecule has 0 aliphatic rings. The molecule has 0 saturated carbocycles. The number of oxime groups is 1. The fourth-order valence-electron chi connectivity index (χ4n) is 0.185. The van der Waals surface area contributed by atoms with Crippen molar-refractivity contribution in [1.82, 2.24) is 0 Å². The Morgan fingerprint density at radius 1 is 1.89 bits per heavy atom. The lowest BCUT2D eigenvalue weighted by Crippen LogP contribution is -1.95. The van der Waals surface area contributed by atoms with Crippen molar-refractivity contribution in [1.29, 1.82) is 0 Å². The largest absolute Gasteiger partial charge is 0.411 e. The third-order valence-electron chi connectivity index (χ3n) is 0.431. The van der Waals surface area contributed by atoms with Crippen molar-refractivity contribution in [2.75, 3.05) is 6.61 Å². The summed E-state index contributed by atoms with van der Waals surface area (Å²) >= 11 is 0. The second-order valence-electron chi connectivity index (χ2n) is 1.12. The van der Waals surface area contributed by atoms with Crippen LogP contribution in [0.3, 0.4) is 0 Å². The zero-order valence-electron chi connectivity index (χ0n) is 5.16. The molecular formula is C5H8NO3. The number of hydrogen-bond donors (Lipinski definition) is 0. The van der Waals surface area contributed by atoms with Gasteiger partial charge in [0.15, 0.2) is 0 Å². The third kappa shape index (κ3) is 6.94. The Hall–Kier alpha value is -1.06. The van der Waals surface area contributed by atoms with E-state index in [1.165, 1.54) is 0 Å². The van der Waals surface area contributed by atoms with E-state index in [-0.39, 0.29) is 0 Å². The highest BCUT2D eigenvalue weighted by Gasteiger charge is 1.84. The lowest BCUT2D eigenvalue weighted by atomic mass is 10.8. The maximum Gasteiger partial charge on any atom is 0.312 e. The van der Waals surface area contributed by atoms with Crippen LogP contribution in [-0.2, 0) is 14.4 Å². The monoisotopic (exact) mass is 130 g/mol. The Labute approximate surface area is 53.4 Å². The maximum absolute atomic E-state index is 9.93. The molecule has 51 valence electrons. The van der Waals surface area contributed by atoms with E-state index in [4.69, 9.17) is 0 Å². The number of hydrogen-bond acceptors (Lipinski definition) is 4. The summed E-state index contributed by atoms with van der Waals surface area (Å²) in [5.41, 5.74) is 0. The summed E-state index contributed by atoms with van der Waals surface area (Å²) in [7, 11) is 0. The van der Waals surface area contributed by atoms with E-state index in [9.17, 15) is 4.79 Å². The van der Waals surface area contributed by atoms with Crippen LogP contribution in [0.5, 0.6) is 0 Å². The quantitative estimate of drug-likeness (QED) is 0.239. The van der Waals surface area contributed by atoms with Gasteiger partial charge in [0.25, 0.3) is 0 Å². The second kappa shape index (κ2) is 5.08. The highest BCUT2D eigenvalue weighted by atomic mass is 16.6. The van der Waals surface area contributed by atoms with Crippen LogP contribution in [-0.4, -0.2) is 19.0 Å². The molecule has 0 saturated heterocycles. The zero-order chi connectivity index (χ0) is 7.11. The highest BCUT2D eigenvalue weighted by molar-refractivity contribution is 5.80. The minimum absolute atomic E-state index is 0.450. The molecule has 4 heteroatoms. The van der Waals surface area contributed by atoms with Crippen LogP contribution in [0, 0.1) is 6.92 Å². The maximum atomic E-state index is 9.93. The Morgan fingerprint density at radius 3 is 3.00 bits per heavy atom. The molecule has 0 unspecified atom stereocenters. The molecule has 0 amide bonds. The predicted molar refractivity (Wildman–Crippen MR) is 31.6 cm³/mol. The molecule has 0 spiro atoms. The zero-order valence-corrected chi connectivity index (χ0v) is 5.16. The smallest absolute Gasteiger partial charge is 0.312 e. The Morgan fingerprint density at radius 2 is 2.56 bits per heavy atom. The fourth-order valence-corrected chi connectivity index (χ4v) is 0.185. The van der Waals surface area contributed by atoms with Gasteiger partial charge < -0.3 is 9.57 Å². The second-order valence-corrected chi connectivity index (χ2v) is 1.12. The summed E-state index contributed by atoms with van der Waals surface area (Å²) < 4.78 is 4.18. The van der Waals surface area contributed by atoms with Crippen molar-refractivity contribution < 1.29 is 14.4 Å². The number of ether oxygens (including phenoxy) is 1. The summed E-state index contributed by atoms with van der Waals surface area (Å²) in [6.45, 7) is 5.14. The summed E-state index contributed by atoms with van der Waals surface area (Å²) in [4.78, 5) is 14.4. The number of carbonyl (C=O) groups excluding carboxylic acids is 1. The van der Waals surface area contributed by atoms with Crippen LogP contribution in [0.2, 0.25) is 0 Å². The van der Waals surface area contributed by atoms with Crippen LogP contribution in [0.1, 0.15) is 6.92 Å². The van der Waals surface area contributed by atoms with E-state index in [1.807, 2.05) is 0 Å². The van der Waals surface area contributed by atoms with Crippen LogP contribution < -0.4 is 0 Å². The molecule has 9 heavy (non-hydrogen) atoms. The van der Waals surface area contributed by atoms with Crippen molar-refractivity contribution in [3.05, 3.63) is 6.92 Å². The van der Waals surface area contributed by atoms with Gasteiger partial charge in [-0.3, -0.25) is 4.79 Å². The third-order valence-corrected chi connectivity index (χ3v) is 0.431. The van der Waals surface area contributed by atoms with Crippen LogP contribution >= 0.6 is 0 Å². The van der Waals surface area contributed by atoms with E-state index in [1.54, 1.807) is 6.92 Å². The number of nitrogens with zero attached hydrogens (tertiary/aromatic N) is 1. The molecule has 0 aromatic carbocycles. The number of esters is 1. The summed E-state index contributed by atoms with van der Waals surface area (Å²) in [5.74, 6) is -0.654. The first-order chi connectivity index (χ1) is 4.27. The fraction of sp³-hybridized carbons (Fsp3) is 0.400. The van der Waals surface area contributed by atoms with Crippen molar-refractivity contribution in [2.24, 2.45) is 5.16 Å². The van der Waals surface area contributed by atoms with Gasteiger partial charge in [-0.2, -0.15) is 0 Å². The molecule has 0 atom stereocenters. The van der Waals surface area contributed by atoms with Gasteiger partial charge in [-0.1, -0.05) is 5.16 Å². The van der Waals surface area contributed by atoms with E-state index in [0.717, 1.165) is 6.40 Å². The number of carbonyl (C=O) groups is 1. The standard InChI is InChI=1S/C5H8NO3/c1-3-9-6-4-8-5(2)7/h4H,2-3H2,1H3. The first-order valence-corrected chi connectivity index (χ1v) is 2.43. The normalized spacial score (nSPS) is 9.56. The van der Waals surface area contributed by atoms with Gasteiger partial charge in [0.1, 0.15) is 6.61 Å². The van der Waals surface area contributed by atoms with Gasteiger partial charge in [-0.25, -0.2) is 0 Å². The Kier molecular flexibility index (Phi) is 4.49. The molecular weight excluding hydrogens is 122 g/mol. The molecule has 0 bridgehead atoms. The van der Waals surface area contributed by atoms with Crippen LogP contribution in [0.15, 0.2) is 5.16 Å². The lowest BCUT2D eigenvalue weighted by molar-refractivity contribution is -0.130. The van der Waals surface area contributed by atoms with Gasteiger partial charge in [0.05, 0.1) is 6.92 Å². The molecule has 4 nitrogen and oxygen atoms in total. The number of rotatable bonds is 3. The summed E-state index contributed by atoms with van der Waals surface area (Å²) in [5, 5.41) is 3.22. The molecule has 0 fully saturated rings. The van der Waals surface area contributed by atoms with Crippen LogP contribution in [0.4, 0.5) is 0 Å². The summed E-state index contributed by atoms with van der Waals surface area (Å²) in [6, 6.07) is 0. The molecule has 0 rings (SSSR count). The van der Waals surface area contributed by atoms with E-state index in [0.29, 0.717) is 6.61 Å². The minimum atomic E-state index is -0.654. The first-order valence-electron chi connectivity index (χ1n) is 2.43. The summed E-state index contributed by atoms with van der Waals surface area (Å²) in [6.07, 6.45) is 0.902. The van der Waals surface area contributed by atoms with Crippen molar-refractivity contribution in [3.63, 3.8) is 0 Å². The Bertz CT molecular complexity index is 111. The SMILES string of the molecule is [CH2]C(=O)OC=NOCC. The predicted octanol–water partition coefficient (Wildman–Crippen LogP) is 0.343. The van der Waals surface area contributed by atoms with Gasteiger partial charge in [-0.15, -0.1) is 0 Å². The van der Waals surface area contributed by atoms with Crippen molar-refractivity contribution in [2.45, 2.75) is 6.92 Å². The molecule has 0 aromatic heterocycles. The lowest BCUT2D eigenvalue weighted by Gasteiger charge is -1.89.